The van der Waals surface area contributed by atoms with Crippen molar-refractivity contribution in [2.24, 2.45) is 0 Å². The van der Waals surface area contributed by atoms with E-state index in [2.05, 4.69) is 10.1 Å². The third kappa shape index (κ3) is 4.47. The molecule has 3 rings (SSSR count). The van der Waals surface area contributed by atoms with E-state index in [0.29, 0.717) is 29.1 Å². The van der Waals surface area contributed by atoms with Crippen LogP contribution >= 0.6 is 11.6 Å². The molecular formula is C17H15ClN2O3. The Bertz CT molecular complexity index is 754. The highest BCUT2D eigenvalue weighted by atomic mass is 35.5. The summed E-state index contributed by atoms with van der Waals surface area (Å²) in [5, 5.41) is 4.42. The Labute approximate surface area is 138 Å². The van der Waals surface area contributed by atoms with E-state index < -0.39 is 0 Å². The Hall–Kier alpha value is -2.53. The van der Waals surface area contributed by atoms with Gasteiger partial charge >= 0.3 is 0 Å². The van der Waals surface area contributed by atoms with Gasteiger partial charge in [-0.15, -0.1) is 0 Å². The number of rotatable bonds is 6. The fraction of sp³-hybridized carbons (Fsp3) is 0.176. The van der Waals surface area contributed by atoms with Crippen LogP contribution in [-0.4, -0.2) is 10.1 Å². The molecule has 0 aliphatic rings. The average Bonchev–Trinajstić information content (AvgIpc) is 2.99. The normalized spacial score (nSPS) is 10.5. The number of aryl methyl sites for hydroxylation is 1. The summed E-state index contributed by atoms with van der Waals surface area (Å²) in [6.07, 6.45) is 0. The zero-order valence-corrected chi connectivity index (χ0v) is 13.3. The first-order valence-electron chi connectivity index (χ1n) is 7.08. The molecule has 0 bridgehead atoms. The molecule has 0 radical (unpaired) electrons. The molecule has 0 fully saturated rings. The van der Waals surface area contributed by atoms with Crippen LogP contribution in [0.15, 0.2) is 53.1 Å². The number of aromatic nitrogens is 2. The molecule has 1 aromatic heterocycles. The maximum Gasteiger partial charge on any atom is 0.264 e. The Kier molecular flexibility index (Phi) is 4.78. The van der Waals surface area contributed by atoms with E-state index in [-0.39, 0.29) is 6.61 Å². The zero-order valence-electron chi connectivity index (χ0n) is 12.5. The molecule has 5 nitrogen and oxygen atoms in total. The first-order chi connectivity index (χ1) is 11.2. The highest BCUT2D eigenvalue weighted by molar-refractivity contribution is 6.30. The summed E-state index contributed by atoms with van der Waals surface area (Å²) in [5.74, 6) is 2.51. The maximum atomic E-state index is 5.85. The molecule has 3 aromatic rings. The number of hydrogen-bond acceptors (Lipinski definition) is 5. The van der Waals surface area contributed by atoms with Crippen LogP contribution in [-0.2, 0) is 13.2 Å². The van der Waals surface area contributed by atoms with Gasteiger partial charge in [0.2, 0.25) is 0 Å². The molecule has 0 aliphatic carbocycles. The number of benzene rings is 2. The number of nitrogens with zero attached hydrogens (tertiary/aromatic N) is 2. The van der Waals surface area contributed by atoms with E-state index in [0.717, 1.165) is 11.3 Å². The van der Waals surface area contributed by atoms with Crippen LogP contribution in [0.5, 0.6) is 11.5 Å². The van der Waals surface area contributed by atoms with Gasteiger partial charge in [0.25, 0.3) is 5.89 Å². The molecule has 0 spiro atoms. The molecule has 6 heteroatoms. The van der Waals surface area contributed by atoms with Crippen molar-refractivity contribution in [3.8, 4) is 11.5 Å². The highest BCUT2D eigenvalue weighted by Gasteiger charge is 2.04. The predicted molar refractivity (Wildman–Crippen MR) is 85.6 cm³/mol. The van der Waals surface area contributed by atoms with Gasteiger partial charge in [0.05, 0.1) is 0 Å². The third-order valence-corrected chi connectivity index (χ3v) is 3.33. The van der Waals surface area contributed by atoms with E-state index in [1.165, 1.54) is 0 Å². The van der Waals surface area contributed by atoms with Crippen LogP contribution in [0.25, 0.3) is 0 Å². The van der Waals surface area contributed by atoms with Crippen molar-refractivity contribution in [1.29, 1.82) is 0 Å². The van der Waals surface area contributed by atoms with Crippen LogP contribution < -0.4 is 9.47 Å². The second-order valence-electron chi connectivity index (χ2n) is 4.91. The lowest BCUT2D eigenvalue weighted by atomic mass is 10.2. The van der Waals surface area contributed by atoms with Gasteiger partial charge in [0, 0.05) is 5.02 Å². The summed E-state index contributed by atoms with van der Waals surface area (Å²) in [6.45, 7) is 2.49. The standard InChI is InChI=1S/C17H15ClN2O3/c1-12-19-17(23-20-12)11-22-16-8-6-15(7-9-16)21-10-13-2-4-14(18)5-3-13/h2-9H,10-11H2,1H3. The topological polar surface area (TPSA) is 57.4 Å². The minimum absolute atomic E-state index is 0.242. The van der Waals surface area contributed by atoms with Crippen LogP contribution in [0.4, 0.5) is 0 Å². The van der Waals surface area contributed by atoms with Crippen molar-refractivity contribution in [2.45, 2.75) is 20.1 Å². The summed E-state index contributed by atoms with van der Waals surface area (Å²) in [7, 11) is 0. The van der Waals surface area contributed by atoms with Crippen molar-refractivity contribution in [3.05, 3.63) is 70.8 Å². The summed E-state index contributed by atoms with van der Waals surface area (Å²) in [6, 6.07) is 14.9. The summed E-state index contributed by atoms with van der Waals surface area (Å²) < 4.78 is 16.3. The van der Waals surface area contributed by atoms with Gasteiger partial charge in [0.15, 0.2) is 12.4 Å². The van der Waals surface area contributed by atoms with Gasteiger partial charge in [-0.3, -0.25) is 0 Å². The van der Waals surface area contributed by atoms with E-state index in [9.17, 15) is 0 Å². The molecule has 0 amide bonds. The second-order valence-corrected chi connectivity index (χ2v) is 5.35. The Morgan fingerprint density at radius 1 is 0.913 bits per heavy atom. The van der Waals surface area contributed by atoms with Gasteiger partial charge in [-0.1, -0.05) is 28.9 Å². The number of hydrogen-bond donors (Lipinski definition) is 0. The Balaban J connectivity index is 1.51. The van der Waals surface area contributed by atoms with E-state index in [1.807, 2.05) is 48.5 Å². The van der Waals surface area contributed by atoms with Gasteiger partial charge in [-0.25, -0.2) is 0 Å². The lowest BCUT2D eigenvalue weighted by molar-refractivity contribution is 0.242. The first kappa shape index (κ1) is 15.4. The molecule has 2 aromatic carbocycles. The number of halogens is 1. The lowest BCUT2D eigenvalue weighted by Crippen LogP contribution is -1.97. The van der Waals surface area contributed by atoms with Crippen LogP contribution in [0.1, 0.15) is 17.3 Å². The molecule has 0 saturated carbocycles. The lowest BCUT2D eigenvalue weighted by Gasteiger charge is -2.08. The maximum absolute atomic E-state index is 5.85. The molecular weight excluding hydrogens is 316 g/mol. The number of ether oxygens (including phenoxy) is 2. The van der Waals surface area contributed by atoms with Crippen molar-refractivity contribution in [3.63, 3.8) is 0 Å². The van der Waals surface area contributed by atoms with Crippen LogP contribution in [0.3, 0.4) is 0 Å². The van der Waals surface area contributed by atoms with E-state index in [1.54, 1.807) is 6.92 Å². The highest BCUT2D eigenvalue weighted by Crippen LogP contribution is 2.20. The van der Waals surface area contributed by atoms with Crippen LogP contribution in [0.2, 0.25) is 5.02 Å². The molecule has 0 aliphatic heterocycles. The molecule has 1 heterocycles. The van der Waals surface area contributed by atoms with Gasteiger partial charge in [-0.2, -0.15) is 4.98 Å². The van der Waals surface area contributed by atoms with Crippen molar-refractivity contribution < 1.29 is 14.0 Å². The third-order valence-electron chi connectivity index (χ3n) is 3.07. The summed E-state index contributed by atoms with van der Waals surface area (Å²) >= 11 is 5.85. The average molecular weight is 331 g/mol. The van der Waals surface area contributed by atoms with E-state index in [4.69, 9.17) is 25.6 Å². The smallest absolute Gasteiger partial charge is 0.264 e. The monoisotopic (exact) mass is 330 g/mol. The molecule has 23 heavy (non-hydrogen) atoms. The van der Waals surface area contributed by atoms with Crippen molar-refractivity contribution >= 4 is 11.6 Å². The first-order valence-corrected chi connectivity index (χ1v) is 7.46. The molecule has 0 saturated heterocycles. The van der Waals surface area contributed by atoms with E-state index >= 15 is 0 Å². The minimum Gasteiger partial charge on any atom is -0.489 e. The quantitative estimate of drug-likeness (QED) is 0.678. The molecule has 0 unspecified atom stereocenters. The molecule has 0 N–H and O–H groups in total. The molecule has 0 atom stereocenters. The van der Waals surface area contributed by atoms with Crippen molar-refractivity contribution in [2.75, 3.05) is 0 Å². The largest absolute Gasteiger partial charge is 0.489 e. The predicted octanol–water partition coefficient (Wildman–Crippen LogP) is 4.19. The van der Waals surface area contributed by atoms with Gasteiger partial charge < -0.3 is 14.0 Å². The van der Waals surface area contributed by atoms with Crippen LogP contribution in [0, 0.1) is 6.92 Å². The fourth-order valence-electron chi connectivity index (χ4n) is 1.92. The zero-order chi connectivity index (χ0) is 16.1. The SMILES string of the molecule is Cc1noc(COc2ccc(OCc3ccc(Cl)cc3)cc2)n1. The Morgan fingerprint density at radius 2 is 1.52 bits per heavy atom. The minimum atomic E-state index is 0.242. The summed E-state index contributed by atoms with van der Waals surface area (Å²) in [5.41, 5.74) is 1.06. The van der Waals surface area contributed by atoms with Crippen molar-refractivity contribution in [1.82, 2.24) is 10.1 Å². The Morgan fingerprint density at radius 3 is 2.09 bits per heavy atom. The van der Waals surface area contributed by atoms with Gasteiger partial charge in [0.1, 0.15) is 18.1 Å². The fourth-order valence-corrected chi connectivity index (χ4v) is 2.05. The molecule has 118 valence electrons. The summed E-state index contributed by atoms with van der Waals surface area (Å²) in [4.78, 5) is 4.08. The van der Waals surface area contributed by atoms with Gasteiger partial charge in [-0.05, 0) is 48.9 Å². The second kappa shape index (κ2) is 7.15.